The molecular formula is C22H28N4O4. The summed E-state index contributed by atoms with van der Waals surface area (Å²) in [5.41, 5.74) is 1.07. The molecule has 0 unspecified atom stereocenters. The van der Waals surface area contributed by atoms with E-state index in [0.717, 1.165) is 35.4 Å². The molecule has 30 heavy (non-hydrogen) atoms. The van der Waals surface area contributed by atoms with Crippen molar-refractivity contribution in [2.45, 2.75) is 24.9 Å². The Bertz CT molecular complexity index is 955. The Kier molecular flexibility index (Phi) is 5.62. The maximum atomic E-state index is 12.9. The van der Waals surface area contributed by atoms with Crippen molar-refractivity contribution in [3.05, 3.63) is 36.0 Å². The lowest BCUT2D eigenvalue weighted by atomic mass is 9.85. The average Bonchev–Trinajstić information content (AvgIpc) is 2.94. The van der Waals surface area contributed by atoms with Gasteiger partial charge in [-0.1, -0.05) is 18.2 Å². The molecule has 4 rings (SSSR count). The van der Waals surface area contributed by atoms with Gasteiger partial charge in [-0.15, -0.1) is 0 Å². The molecule has 3 amide bonds. The molecule has 0 saturated carbocycles. The Morgan fingerprint density at radius 2 is 1.87 bits per heavy atom. The molecule has 0 bridgehead atoms. The molecule has 0 radical (unpaired) electrons. The predicted octanol–water partition coefficient (Wildman–Crippen LogP) is 2.12. The molecule has 0 aliphatic carbocycles. The van der Waals surface area contributed by atoms with Gasteiger partial charge in [0.25, 0.3) is 5.91 Å². The quantitative estimate of drug-likeness (QED) is 0.677. The van der Waals surface area contributed by atoms with E-state index in [9.17, 15) is 9.59 Å². The van der Waals surface area contributed by atoms with E-state index >= 15 is 0 Å². The highest BCUT2D eigenvalue weighted by Gasteiger charge is 2.56. The van der Waals surface area contributed by atoms with Crippen molar-refractivity contribution in [2.24, 2.45) is 0 Å². The number of nitrogens with zero attached hydrogens (tertiary/aromatic N) is 4. The molecule has 1 aromatic carbocycles. The number of hydrogen-bond donors (Lipinski definition) is 0. The number of fused-ring (bicyclic) bond motifs is 1. The largest absolute Gasteiger partial charge is 0.494 e. The van der Waals surface area contributed by atoms with Crippen molar-refractivity contribution in [3.8, 4) is 5.75 Å². The summed E-state index contributed by atoms with van der Waals surface area (Å²) in [5, 5.41) is 1.04. The van der Waals surface area contributed by atoms with Crippen LogP contribution in [0.1, 0.15) is 18.5 Å². The SMILES string of the molecule is COCCN1C(=O)N(C)C(=O)C12CCN(Cc1ccc3cccc(OC)c3n1)CC2. The van der Waals surface area contributed by atoms with Gasteiger partial charge in [-0.05, 0) is 25.0 Å². The highest BCUT2D eigenvalue weighted by atomic mass is 16.5. The zero-order valence-electron chi connectivity index (χ0n) is 17.8. The van der Waals surface area contributed by atoms with Crippen LogP contribution in [0.5, 0.6) is 5.75 Å². The Morgan fingerprint density at radius 3 is 2.57 bits per heavy atom. The number of urea groups is 1. The second kappa shape index (κ2) is 8.20. The van der Waals surface area contributed by atoms with Gasteiger partial charge in [-0.3, -0.25) is 14.6 Å². The number of aromatic nitrogens is 1. The van der Waals surface area contributed by atoms with Gasteiger partial charge in [0, 0.05) is 45.7 Å². The number of benzene rings is 1. The van der Waals surface area contributed by atoms with Crippen molar-refractivity contribution in [2.75, 3.05) is 47.5 Å². The van der Waals surface area contributed by atoms with Crippen molar-refractivity contribution in [1.29, 1.82) is 0 Å². The third-order valence-electron chi connectivity index (χ3n) is 6.29. The number of carbonyl (C=O) groups excluding carboxylic acids is 2. The Balaban J connectivity index is 1.48. The molecular weight excluding hydrogens is 384 g/mol. The summed E-state index contributed by atoms with van der Waals surface area (Å²) in [6, 6.07) is 9.76. The molecule has 2 aromatic rings. The fourth-order valence-corrected chi connectivity index (χ4v) is 4.58. The lowest BCUT2D eigenvalue weighted by molar-refractivity contribution is -0.135. The summed E-state index contributed by atoms with van der Waals surface area (Å²) in [6.45, 7) is 2.99. The number of rotatable bonds is 6. The van der Waals surface area contributed by atoms with Crippen LogP contribution in [0.15, 0.2) is 30.3 Å². The number of ether oxygens (including phenoxy) is 2. The maximum Gasteiger partial charge on any atom is 0.327 e. The number of para-hydroxylation sites is 1. The van der Waals surface area contributed by atoms with E-state index < -0.39 is 5.54 Å². The first kappa shape index (κ1) is 20.6. The van der Waals surface area contributed by atoms with Gasteiger partial charge in [0.1, 0.15) is 16.8 Å². The van der Waals surface area contributed by atoms with Crippen molar-refractivity contribution in [3.63, 3.8) is 0 Å². The van der Waals surface area contributed by atoms with Gasteiger partial charge in [-0.2, -0.15) is 0 Å². The van der Waals surface area contributed by atoms with E-state index in [4.69, 9.17) is 14.5 Å². The van der Waals surface area contributed by atoms with E-state index in [2.05, 4.69) is 11.0 Å². The van der Waals surface area contributed by atoms with E-state index in [0.29, 0.717) is 32.5 Å². The Labute approximate surface area is 176 Å². The lowest BCUT2D eigenvalue weighted by Gasteiger charge is -2.42. The number of likely N-dealkylation sites (N-methyl/N-ethyl adjacent to an activating group) is 1. The van der Waals surface area contributed by atoms with Crippen molar-refractivity contribution in [1.82, 2.24) is 19.7 Å². The van der Waals surface area contributed by atoms with Gasteiger partial charge < -0.3 is 14.4 Å². The highest BCUT2D eigenvalue weighted by molar-refractivity contribution is 6.06. The first-order valence-corrected chi connectivity index (χ1v) is 10.2. The van der Waals surface area contributed by atoms with E-state index in [1.807, 2.05) is 24.3 Å². The molecule has 2 fully saturated rings. The standard InChI is InChI=1S/C22H28N4O4/c1-24-20(27)22(26(21(24)28)13-14-29-2)9-11-25(12-10-22)15-17-8-7-16-5-4-6-18(30-3)19(16)23-17/h4-8H,9-15H2,1-3H3. The monoisotopic (exact) mass is 412 g/mol. The molecule has 1 aromatic heterocycles. The van der Waals surface area contributed by atoms with E-state index in [-0.39, 0.29) is 11.9 Å². The normalized spacial score (nSPS) is 19.3. The van der Waals surface area contributed by atoms with Crippen LogP contribution in [-0.2, 0) is 16.1 Å². The summed E-state index contributed by atoms with van der Waals surface area (Å²) in [4.78, 5) is 35.6. The number of carbonyl (C=O) groups is 2. The first-order valence-electron chi connectivity index (χ1n) is 10.2. The number of piperidine rings is 1. The van der Waals surface area contributed by atoms with Crippen LogP contribution in [0, 0.1) is 0 Å². The second-order valence-corrected chi connectivity index (χ2v) is 7.93. The highest BCUT2D eigenvalue weighted by Crippen LogP contribution is 2.37. The van der Waals surface area contributed by atoms with Crippen LogP contribution >= 0.6 is 0 Å². The molecule has 8 nitrogen and oxygen atoms in total. The van der Waals surface area contributed by atoms with Crippen molar-refractivity contribution >= 4 is 22.8 Å². The molecule has 0 atom stereocenters. The fraction of sp³-hybridized carbons (Fsp3) is 0.500. The van der Waals surface area contributed by atoms with Crippen LogP contribution < -0.4 is 4.74 Å². The van der Waals surface area contributed by atoms with Crippen molar-refractivity contribution < 1.29 is 19.1 Å². The molecule has 8 heteroatoms. The molecule has 2 aliphatic heterocycles. The summed E-state index contributed by atoms with van der Waals surface area (Å²) < 4.78 is 10.6. The van der Waals surface area contributed by atoms with Crippen LogP contribution in [-0.4, -0.2) is 84.7 Å². The van der Waals surface area contributed by atoms with Crippen LogP contribution in [0.4, 0.5) is 4.79 Å². The minimum atomic E-state index is -0.749. The summed E-state index contributed by atoms with van der Waals surface area (Å²) in [6.07, 6.45) is 1.23. The molecule has 3 heterocycles. The van der Waals surface area contributed by atoms with Crippen LogP contribution in [0.25, 0.3) is 10.9 Å². The van der Waals surface area contributed by atoms with Crippen LogP contribution in [0.3, 0.4) is 0 Å². The lowest BCUT2D eigenvalue weighted by Crippen LogP contribution is -2.57. The second-order valence-electron chi connectivity index (χ2n) is 7.93. The Morgan fingerprint density at radius 1 is 1.10 bits per heavy atom. The fourth-order valence-electron chi connectivity index (χ4n) is 4.58. The van der Waals surface area contributed by atoms with E-state index in [1.165, 1.54) is 4.90 Å². The number of imide groups is 1. The average molecular weight is 412 g/mol. The van der Waals surface area contributed by atoms with Gasteiger partial charge in [0.15, 0.2) is 0 Å². The zero-order chi connectivity index (χ0) is 21.3. The third-order valence-corrected chi connectivity index (χ3v) is 6.29. The summed E-state index contributed by atoms with van der Waals surface area (Å²) in [5.74, 6) is 0.663. The third kappa shape index (κ3) is 3.40. The smallest absolute Gasteiger partial charge is 0.327 e. The van der Waals surface area contributed by atoms with E-state index in [1.54, 1.807) is 26.2 Å². The molecule has 160 valence electrons. The first-order chi connectivity index (χ1) is 14.5. The number of methoxy groups -OCH3 is 2. The zero-order valence-corrected chi connectivity index (χ0v) is 17.8. The molecule has 0 N–H and O–H groups in total. The summed E-state index contributed by atoms with van der Waals surface area (Å²) >= 11 is 0. The predicted molar refractivity (Wildman–Crippen MR) is 112 cm³/mol. The number of pyridine rings is 1. The molecule has 2 aliphatic rings. The summed E-state index contributed by atoms with van der Waals surface area (Å²) in [7, 11) is 4.82. The minimum absolute atomic E-state index is 0.100. The van der Waals surface area contributed by atoms with Gasteiger partial charge in [0.05, 0.1) is 19.4 Å². The van der Waals surface area contributed by atoms with Gasteiger partial charge in [0.2, 0.25) is 0 Å². The number of amides is 3. The van der Waals surface area contributed by atoms with Gasteiger partial charge in [-0.25, -0.2) is 9.78 Å². The van der Waals surface area contributed by atoms with Crippen LogP contribution in [0.2, 0.25) is 0 Å². The maximum absolute atomic E-state index is 12.9. The minimum Gasteiger partial charge on any atom is -0.494 e. The Hall–Kier alpha value is -2.71. The molecule has 1 spiro atoms. The topological polar surface area (TPSA) is 75.2 Å². The molecule has 2 saturated heterocycles. The number of likely N-dealkylation sites (tertiary alicyclic amines) is 1. The number of hydrogen-bond acceptors (Lipinski definition) is 6. The van der Waals surface area contributed by atoms with Gasteiger partial charge >= 0.3 is 6.03 Å².